The molecular weight excluding hydrogens is 212 g/mol. The van der Waals surface area contributed by atoms with Crippen molar-refractivity contribution in [3.05, 3.63) is 30.2 Å². The van der Waals surface area contributed by atoms with Crippen LogP contribution in [-0.2, 0) is 0 Å². The Labute approximate surface area is 99.8 Å². The van der Waals surface area contributed by atoms with Gasteiger partial charge >= 0.3 is 0 Å². The number of hydrogen-bond donors (Lipinski definition) is 1. The Morgan fingerprint density at radius 1 is 1.18 bits per heavy atom. The van der Waals surface area contributed by atoms with Crippen LogP contribution in [0.2, 0.25) is 0 Å². The summed E-state index contributed by atoms with van der Waals surface area (Å²) in [6.45, 7) is 0. The standard InChI is InChI=1S/C13H16N4/c14-12-9-5-4-8(7-9)11(12)13-16-15-10-3-1-2-6-17(10)13/h1-3,6,8-9,11-12H,4-5,7,14H2. The Kier molecular flexibility index (Phi) is 1.86. The summed E-state index contributed by atoms with van der Waals surface area (Å²) in [5.74, 6) is 2.91. The minimum Gasteiger partial charge on any atom is -0.327 e. The van der Waals surface area contributed by atoms with Crippen molar-refractivity contribution in [1.29, 1.82) is 0 Å². The van der Waals surface area contributed by atoms with Crippen LogP contribution in [0.5, 0.6) is 0 Å². The fourth-order valence-electron chi connectivity index (χ4n) is 3.81. The van der Waals surface area contributed by atoms with Crippen molar-refractivity contribution >= 4 is 5.65 Å². The average Bonchev–Trinajstić information content (AvgIpc) is 3.02. The van der Waals surface area contributed by atoms with Crippen molar-refractivity contribution in [2.75, 3.05) is 0 Å². The number of rotatable bonds is 1. The van der Waals surface area contributed by atoms with Crippen LogP contribution in [0.3, 0.4) is 0 Å². The molecule has 2 saturated carbocycles. The Morgan fingerprint density at radius 2 is 2.06 bits per heavy atom. The number of aromatic nitrogens is 3. The second-order valence-corrected chi connectivity index (χ2v) is 5.42. The van der Waals surface area contributed by atoms with Crippen molar-refractivity contribution in [3.8, 4) is 0 Å². The Morgan fingerprint density at radius 3 is 2.88 bits per heavy atom. The summed E-state index contributed by atoms with van der Waals surface area (Å²) in [5.41, 5.74) is 7.29. The van der Waals surface area contributed by atoms with E-state index in [9.17, 15) is 0 Å². The number of nitrogens with two attached hydrogens (primary N) is 1. The SMILES string of the molecule is NC1C2CCC(C2)C1c1nnc2ccccn12. The Balaban J connectivity index is 1.84. The van der Waals surface area contributed by atoms with E-state index in [2.05, 4.69) is 14.6 Å². The lowest BCUT2D eigenvalue weighted by Crippen LogP contribution is -2.35. The zero-order chi connectivity index (χ0) is 11.4. The van der Waals surface area contributed by atoms with E-state index in [1.54, 1.807) is 0 Å². The molecule has 0 spiro atoms. The van der Waals surface area contributed by atoms with Crippen molar-refractivity contribution in [1.82, 2.24) is 14.6 Å². The van der Waals surface area contributed by atoms with E-state index < -0.39 is 0 Å². The minimum atomic E-state index is 0.279. The van der Waals surface area contributed by atoms with Crippen molar-refractivity contribution in [3.63, 3.8) is 0 Å². The third-order valence-electron chi connectivity index (χ3n) is 4.62. The fourth-order valence-corrected chi connectivity index (χ4v) is 3.81. The minimum absolute atomic E-state index is 0.279. The Hall–Kier alpha value is -1.42. The zero-order valence-corrected chi connectivity index (χ0v) is 9.66. The third kappa shape index (κ3) is 1.21. The quantitative estimate of drug-likeness (QED) is 0.806. The molecule has 0 aliphatic heterocycles. The van der Waals surface area contributed by atoms with Gasteiger partial charge in [-0.3, -0.25) is 4.40 Å². The van der Waals surface area contributed by atoms with Crippen LogP contribution in [0, 0.1) is 11.8 Å². The summed E-state index contributed by atoms with van der Waals surface area (Å²) < 4.78 is 2.10. The monoisotopic (exact) mass is 228 g/mol. The zero-order valence-electron chi connectivity index (χ0n) is 9.66. The molecule has 17 heavy (non-hydrogen) atoms. The third-order valence-corrected chi connectivity index (χ3v) is 4.62. The molecule has 2 aliphatic rings. The van der Waals surface area contributed by atoms with Crippen LogP contribution in [-0.4, -0.2) is 20.6 Å². The molecule has 0 aromatic carbocycles. The number of fused-ring (bicyclic) bond motifs is 3. The lowest BCUT2D eigenvalue weighted by molar-refractivity contribution is 0.352. The lowest BCUT2D eigenvalue weighted by atomic mass is 9.84. The van der Waals surface area contributed by atoms with Crippen LogP contribution in [0.15, 0.2) is 24.4 Å². The first-order chi connectivity index (χ1) is 8.34. The van der Waals surface area contributed by atoms with Gasteiger partial charge in [0.15, 0.2) is 5.65 Å². The Bertz CT molecular complexity index is 559. The molecule has 4 unspecified atom stereocenters. The molecule has 2 bridgehead atoms. The van der Waals surface area contributed by atoms with Crippen LogP contribution in [0.4, 0.5) is 0 Å². The van der Waals surface area contributed by atoms with E-state index in [4.69, 9.17) is 5.73 Å². The smallest absolute Gasteiger partial charge is 0.160 e. The van der Waals surface area contributed by atoms with E-state index in [0.717, 1.165) is 17.4 Å². The second kappa shape index (κ2) is 3.29. The molecule has 2 aliphatic carbocycles. The molecule has 0 saturated heterocycles. The van der Waals surface area contributed by atoms with Gasteiger partial charge < -0.3 is 5.73 Å². The highest BCUT2D eigenvalue weighted by Gasteiger charge is 2.48. The van der Waals surface area contributed by atoms with Gasteiger partial charge in [0.1, 0.15) is 5.82 Å². The van der Waals surface area contributed by atoms with Gasteiger partial charge in [0.2, 0.25) is 0 Å². The summed E-state index contributed by atoms with van der Waals surface area (Å²) >= 11 is 0. The van der Waals surface area contributed by atoms with E-state index in [1.807, 2.05) is 24.4 Å². The van der Waals surface area contributed by atoms with E-state index >= 15 is 0 Å². The molecule has 88 valence electrons. The van der Waals surface area contributed by atoms with Gasteiger partial charge in [-0.05, 0) is 43.2 Å². The molecule has 2 heterocycles. The summed E-state index contributed by atoms with van der Waals surface area (Å²) in [5, 5.41) is 8.62. The maximum Gasteiger partial charge on any atom is 0.160 e. The molecule has 4 nitrogen and oxygen atoms in total. The fraction of sp³-hybridized carbons (Fsp3) is 0.538. The number of hydrogen-bond acceptors (Lipinski definition) is 3. The van der Waals surface area contributed by atoms with Crippen LogP contribution in [0.25, 0.3) is 5.65 Å². The van der Waals surface area contributed by atoms with Gasteiger partial charge in [-0.15, -0.1) is 10.2 Å². The maximum absolute atomic E-state index is 6.37. The lowest BCUT2D eigenvalue weighted by Gasteiger charge is -2.26. The molecular formula is C13H16N4. The van der Waals surface area contributed by atoms with Crippen molar-refractivity contribution < 1.29 is 0 Å². The molecule has 2 fully saturated rings. The predicted octanol–water partition coefficient (Wildman–Crippen LogP) is 1.57. The largest absolute Gasteiger partial charge is 0.327 e. The van der Waals surface area contributed by atoms with Gasteiger partial charge in [0.25, 0.3) is 0 Å². The summed E-state index contributed by atoms with van der Waals surface area (Å²) in [4.78, 5) is 0. The molecule has 4 heteroatoms. The number of pyridine rings is 1. The topological polar surface area (TPSA) is 56.2 Å². The van der Waals surface area contributed by atoms with Gasteiger partial charge in [0, 0.05) is 18.2 Å². The van der Waals surface area contributed by atoms with Gasteiger partial charge in [-0.1, -0.05) is 6.07 Å². The van der Waals surface area contributed by atoms with Crippen LogP contribution >= 0.6 is 0 Å². The first-order valence-corrected chi connectivity index (χ1v) is 6.40. The van der Waals surface area contributed by atoms with Gasteiger partial charge in [-0.2, -0.15) is 0 Å². The van der Waals surface area contributed by atoms with Gasteiger partial charge in [-0.25, -0.2) is 0 Å². The molecule has 4 atom stereocenters. The highest BCUT2D eigenvalue weighted by molar-refractivity contribution is 5.38. The molecule has 2 N–H and O–H groups in total. The van der Waals surface area contributed by atoms with Crippen LogP contribution in [0.1, 0.15) is 31.0 Å². The van der Waals surface area contributed by atoms with Crippen LogP contribution < -0.4 is 5.73 Å². The summed E-state index contributed by atoms with van der Waals surface area (Å²) in [6.07, 6.45) is 5.95. The first kappa shape index (κ1) is 9.59. The molecule has 0 radical (unpaired) electrons. The van der Waals surface area contributed by atoms with Crippen molar-refractivity contribution in [2.45, 2.75) is 31.2 Å². The highest BCUT2D eigenvalue weighted by atomic mass is 15.2. The predicted molar refractivity (Wildman–Crippen MR) is 64.5 cm³/mol. The average molecular weight is 228 g/mol. The second-order valence-electron chi connectivity index (χ2n) is 5.42. The highest BCUT2D eigenvalue weighted by Crippen LogP contribution is 2.51. The number of nitrogens with zero attached hydrogens (tertiary/aromatic N) is 3. The molecule has 4 rings (SSSR count). The van der Waals surface area contributed by atoms with E-state index in [1.165, 1.54) is 19.3 Å². The van der Waals surface area contributed by atoms with Gasteiger partial charge in [0.05, 0.1) is 0 Å². The van der Waals surface area contributed by atoms with E-state index in [0.29, 0.717) is 11.8 Å². The molecule has 2 aromatic heterocycles. The molecule has 2 aromatic rings. The first-order valence-electron chi connectivity index (χ1n) is 6.40. The van der Waals surface area contributed by atoms with E-state index in [-0.39, 0.29) is 6.04 Å². The normalized spacial score (nSPS) is 35.8. The van der Waals surface area contributed by atoms with Crippen molar-refractivity contribution in [2.24, 2.45) is 17.6 Å². The maximum atomic E-state index is 6.37. The summed E-state index contributed by atoms with van der Waals surface area (Å²) in [6, 6.07) is 6.30. The summed E-state index contributed by atoms with van der Waals surface area (Å²) in [7, 11) is 0. The molecule has 0 amide bonds.